The second-order valence-electron chi connectivity index (χ2n) is 5.25. The molecule has 144 valence electrons. The summed E-state index contributed by atoms with van der Waals surface area (Å²) in [6.07, 6.45) is 1.54. The average Bonchev–Trinajstić information content (AvgIpc) is 2.86. The van der Waals surface area contributed by atoms with Crippen molar-refractivity contribution >= 4 is 86.1 Å². The summed E-state index contributed by atoms with van der Waals surface area (Å²) in [5, 5.41) is 8.19. The van der Waals surface area contributed by atoms with Gasteiger partial charge < -0.3 is 14.6 Å². The van der Waals surface area contributed by atoms with Crippen molar-refractivity contribution in [2.24, 2.45) is 0 Å². The topological polar surface area (TPSA) is 110 Å². The number of rotatable bonds is 6. The number of hydrogen-bond donors (Lipinski definition) is 1. The molecule has 2 rings (SSSR count). The molecular weight excluding hydrogens is 604 g/mol. The number of carboxylic acids is 1. The maximum absolute atomic E-state index is 12.5. The number of ether oxygens (including phenoxy) is 2. The Balaban J connectivity index is 2.29. The average molecular weight is 617 g/mol. The molecule has 0 aromatic heterocycles. The van der Waals surface area contributed by atoms with E-state index in [9.17, 15) is 19.2 Å². The van der Waals surface area contributed by atoms with Crippen LogP contribution in [0, 0.1) is 7.14 Å². The van der Waals surface area contributed by atoms with Gasteiger partial charge in [0.05, 0.1) is 19.2 Å². The molecule has 0 aliphatic carbocycles. The molecule has 0 saturated carbocycles. The van der Waals surface area contributed by atoms with Gasteiger partial charge in [0, 0.05) is 0 Å². The number of esters is 1. The molecule has 11 heteroatoms. The SMILES string of the molecule is COC(=O)[C@@H](C)N1C(=O)S/C(=C/c2cc(I)c(OCC(=O)O)c(I)c2)C1=O. The van der Waals surface area contributed by atoms with Crippen LogP contribution in [0.25, 0.3) is 6.08 Å². The molecule has 27 heavy (non-hydrogen) atoms. The van der Waals surface area contributed by atoms with E-state index >= 15 is 0 Å². The van der Waals surface area contributed by atoms with Crippen molar-refractivity contribution in [3.05, 3.63) is 29.7 Å². The lowest BCUT2D eigenvalue weighted by molar-refractivity contribution is -0.148. The number of hydrogen-bond acceptors (Lipinski definition) is 7. The largest absolute Gasteiger partial charge is 0.480 e. The number of carbonyl (C=O) groups excluding carboxylic acids is 3. The number of amides is 2. The van der Waals surface area contributed by atoms with Gasteiger partial charge in [0.15, 0.2) is 6.61 Å². The van der Waals surface area contributed by atoms with Crippen LogP contribution in [0.5, 0.6) is 5.75 Å². The van der Waals surface area contributed by atoms with Crippen LogP contribution in [0.2, 0.25) is 0 Å². The minimum atomic E-state index is -1.08. The Morgan fingerprint density at radius 3 is 2.41 bits per heavy atom. The van der Waals surface area contributed by atoms with Gasteiger partial charge in [-0.2, -0.15) is 0 Å². The molecule has 2 amide bonds. The highest BCUT2D eigenvalue weighted by Gasteiger charge is 2.41. The van der Waals surface area contributed by atoms with Crippen LogP contribution in [-0.2, 0) is 19.1 Å². The quantitative estimate of drug-likeness (QED) is 0.295. The van der Waals surface area contributed by atoms with Gasteiger partial charge in [-0.25, -0.2) is 9.59 Å². The molecule has 1 atom stereocenters. The fourth-order valence-corrected chi connectivity index (χ4v) is 5.21. The Labute approximate surface area is 185 Å². The number of carboxylic acid groups (broad SMARTS) is 1. The molecule has 1 N–H and O–H groups in total. The predicted octanol–water partition coefficient (Wildman–Crippen LogP) is 2.96. The number of nitrogens with zero attached hydrogens (tertiary/aromatic N) is 1. The number of aliphatic carboxylic acids is 1. The Bertz CT molecular complexity index is 832. The van der Waals surface area contributed by atoms with Crippen molar-refractivity contribution in [1.82, 2.24) is 4.90 Å². The molecule has 0 unspecified atom stereocenters. The Kier molecular flexibility index (Phi) is 7.50. The van der Waals surface area contributed by atoms with Gasteiger partial charge in [-0.1, -0.05) is 0 Å². The Morgan fingerprint density at radius 2 is 1.89 bits per heavy atom. The first kappa shape index (κ1) is 21.9. The highest BCUT2D eigenvalue weighted by Crippen LogP contribution is 2.35. The number of carbonyl (C=O) groups is 4. The number of methoxy groups -OCH3 is 1. The highest BCUT2D eigenvalue weighted by molar-refractivity contribution is 14.1. The first-order chi connectivity index (χ1) is 12.6. The smallest absolute Gasteiger partial charge is 0.341 e. The van der Waals surface area contributed by atoms with Crippen molar-refractivity contribution in [2.45, 2.75) is 13.0 Å². The van der Waals surface area contributed by atoms with Crippen molar-refractivity contribution in [2.75, 3.05) is 13.7 Å². The summed E-state index contributed by atoms with van der Waals surface area (Å²) in [6.45, 7) is 0.960. The second-order valence-corrected chi connectivity index (χ2v) is 8.56. The minimum absolute atomic E-state index is 0.182. The molecule has 1 aromatic carbocycles. The third-order valence-corrected chi connectivity index (χ3v) is 5.90. The molecule has 1 heterocycles. The fourth-order valence-electron chi connectivity index (χ4n) is 2.18. The summed E-state index contributed by atoms with van der Waals surface area (Å²) in [6, 6.07) is 2.40. The molecule has 0 bridgehead atoms. The van der Waals surface area contributed by atoms with Crippen molar-refractivity contribution < 1.29 is 33.8 Å². The number of benzene rings is 1. The molecular formula is C16H13I2NO7S. The van der Waals surface area contributed by atoms with Crippen LogP contribution in [0.1, 0.15) is 12.5 Å². The molecule has 1 aromatic rings. The second kappa shape index (κ2) is 9.23. The lowest BCUT2D eigenvalue weighted by atomic mass is 10.2. The zero-order valence-electron chi connectivity index (χ0n) is 14.0. The van der Waals surface area contributed by atoms with Crippen molar-refractivity contribution in [1.29, 1.82) is 0 Å². The van der Waals surface area contributed by atoms with Gasteiger partial charge in [0.1, 0.15) is 11.8 Å². The maximum Gasteiger partial charge on any atom is 0.341 e. The summed E-state index contributed by atoms with van der Waals surface area (Å²) in [7, 11) is 1.19. The van der Waals surface area contributed by atoms with Gasteiger partial charge in [0.2, 0.25) is 0 Å². The summed E-state index contributed by atoms with van der Waals surface area (Å²) >= 11 is 4.74. The van der Waals surface area contributed by atoms with Crippen LogP contribution in [0.3, 0.4) is 0 Å². The number of halogens is 2. The summed E-state index contributed by atoms with van der Waals surface area (Å²) in [4.78, 5) is 48.0. The summed E-state index contributed by atoms with van der Waals surface area (Å²) in [5.74, 6) is -1.90. The third kappa shape index (κ3) is 5.13. The number of thioether (sulfide) groups is 1. The Hall–Kier alpha value is -1.35. The zero-order valence-corrected chi connectivity index (χ0v) is 19.2. The third-order valence-electron chi connectivity index (χ3n) is 3.41. The molecule has 0 spiro atoms. The van der Waals surface area contributed by atoms with E-state index in [2.05, 4.69) is 4.74 Å². The van der Waals surface area contributed by atoms with Gasteiger partial charge in [-0.3, -0.25) is 14.5 Å². The maximum atomic E-state index is 12.5. The minimum Gasteiger partial charge on any atom is -0.480 e. The molecule has 1 aliphatic heterocycles. The summed E-state index contributed by atoms with van der Waals surface area (Å²) in [5.41, 5.74) is 0.641. The van der Waals surface area contributed by atoms with E-state index in [4.69, 9.17) is 9.84 Å². The van der Waals surface area contributed by atoms with E-state index < -0.39 is 35.7 Å². The summed E-state index contributed by atoms with van der Waals surface area (Å²) < 4.78 is 11.2. The van der Waals surface area contributed by atoms with Gasteiger partial charge in [-0.15, -0.1) is 0 Å². The van der Waals surface area contributed by atoms with E-state index in [1.807, 2.05) is 45.2 Å². The van der Waals surface area contributed by atoms with Crippen LogP contribution in [-0.4, -0.2) is 52.8 Å². The highest BCUT2D eigenvalue weighted by atomic mass is 127. The first-order valence-electron chi connectivity index (χ1n) is 7.34. The van der Waals surface area contributed by atoms with E-state index in [1.165, 1.54) is 14.0 Å². The monoisotopic (exact) mass is 617 g/mol. The van der Waals surface area contributed by atoms with Gasteiger partial charge >= 0.3 is 11.9 Å². The van der Waals surface area contributed by atoms with E-state index in [-0.39, 0.29) is 4.91 Å². The molecule has 0 radical (unpaired) electrons. The van der Waals surface area contributed by atoms with Gasteiger partial charge in [-0.05, 0) is 87.6 Å². The van der Waals surface area contributed by atoms with Crippen molar-refractivity contribution in [3.63, 3.8) is 0 Å². The number of imide groups is 1. The van der Waals surface area contributed by atoms with E-state index in [1.54, 1.807) is 18.2 Å². The fraction of sp³-hybridized carbons (Fsp3) is 0.250. The van der Waals surface area contributed by atoms with E-state index in [0.29, 0.717) is 18.5 Å². The standard InChI is InChI=1S/C16H13I2NO7S/c1-7(15(23)25-2)19-14(22)11(27-16(19)24)5-8-3-9(17)13(10(18)4-8)26-6-12(20)21/h3-5,7H,6H2,1-2H3,(H,20,21)/b11-5+/t7-/m1/s1. The first-order valence-corrected chi connectivity index (χ1v) is 10.3. The lowest BCUT2D eigenvalue weighted by Gasteiger charge is -2.18. The normalized spacial score (nSPS) is 16.6. The van der Waals surface area contributed by atoms with E-state index in [0.717, 1.165) is 16.7 Å². The predicted molar refractivity (Wildman–Crippen MR) is 114 cm³/mol. The van der Waals surface area contributed by atoms with Crippen LogP contribution < -0.4 is 4.74 Å². The van der Waals surface area contributed by atoms with Crippen LogP contribution >= 0.6 is 56.9 Å². The van der Waals surface area contributed by atoms with Crippen LogP contribution in [0.4, 0.5) is 4.79 Å². The Morgan fingerprint density at radius 1 is 1.30 bits per heavy atom. The lowest BCUT2D eigenvalue weighted by Crippen LogP contribution is -2.42. The van der Waals surface area contributed by atoms with Crippen molar-refractivity contribution in [3.8, 4) is 5.75 Å². The molecule has 1 aliphatic rings. The molecule has 8 nitrogen and oxygen atoms in total. The van der Waals surface area contributed by atoms with Gasteiger partial charge in [0.25, 0.3) is 11.1 Å². The zero-order chi connectivity index (χ0) is 20.3. The molecule has 1 saturated heterocycles. The van der Waals surface area contributed by atoms with Crippen LogP contribution in [0.15, 0.2) is 17.0 Å². The molecule has 1 fully saturated rings.